The Bertz CT molecular complexity index is 963. The first-order chi connectivity index (χ1) is 12.9. The van der Waals surface area contributed by atoms with Crippen molar-refractivity contribution in [3.05, 3.63) is 50.7 Å². The predicted octanol–water partition coefficient (Wildman–Crippen LogP) is 2.25. The third-order valence-electron chi connectivity index (χ3n) is 4.76. The van der Waals surface area contributed by atoms with Crippen LogP contribution in [0.25, 0.3) is 11.3 Å². The van der Waals surface area contributed by atoms with Gasteiger partial charge in [0.15, 0.2) is 16.9 Å². The Labute approximate surface area is 155 Å². The summed E-state index contributed by atoms with van der Waals surface area (Å²) < 4.78 is 7.16. The summed E-state index contributed by atoms with van der Waals surface area (Å²) in [5.74, 6) is -0.779. The zero-order valence-corrected chi connectivity index (χ0v) is 15.0. The maximum absolute atomic E-state index is 12.3. The number of aliphatic hydroxyl groups is 1. The number of amides is 1. The van der Waals surface area contributed by atoms with Crippen molar-refractivity contribution in [3.63, 3.8) is 0 Å². The Balaban J connectivity index is 2.21. The Morgan fingerprint density at radius 1 is 1.37 bits per heavy atom. The number of aromatic hydroxyl groups is 1. The lowest BCUT2D eigenvalue weighted by Gasteiger charge is -2.33. The molecule has 1 atom stereocenters. The maximum atomic E-state index is 12.3. The van der Waals surface area contributed by atoms with Crippen molar-refractivity contribution < 1.29 is 19.7 Å². The molecule has 27 heavy (non-hydrogen) atoms. The predicted molar refractivity (Wildman–Crippen MR) is 98.1 cm³/mol. The summed E-state index contributed by atoms with van der Waals surface area (Å²) >= 11 is 0. The van der Waals surface area contributed by atoms with Gasteiger partial charge >= 0.3 is 5.91 Å². The highest BCUT2D eigenvalue weighted by molar-refractivity contribution is 5.94. The number of hydrogen-bond acceptors (Lipinski definition) is 6. The topological polar surface area (TPSA) is 118 Å². The highest BCUT2D eigenvalue weighted by atomic mass is 16.5. The fourth-order valence-electron chi connectivity index (χ4n) is 3.42. The highest BCUT2D eigenvalue weighted by Gasteiger charge is 2.29. The SMILES string of the molecule is CC(C)C1Cc2cc(OCCO)c(O)cc2-c2cc(=O)c(C(=O)N=O)cn21. The lowest BCUT2D eigenvalue weighted by molar-refractivity contribution is 0.0998. The molecule has 1 aliphatic rings. The van der Waals surface area contributed by atoms with E-state index in [0.717, 1.165) is 5.56 Å². The van der Waals surface area contributed by atoms with Crippen LogP contribution in [0.1, 0.15) is 35.8 Å². The Hall–Kier alpha value is -3.00. The monoisotopic (exact) mass is 372 g/mol. The molecule has 0 bridgehead atoms. The molecule has 0 spiro atoms. The molecule has 1 unspecified atom stereocenters. The van der Waals surface area contributed by atoms with Gasteiger partial charge < -0.3 is 19.5 Å². The fourth-order valence-corrected chi connectivity index (χ4v) is 3.42. The molecule has 0 fully saturated rings. The minimum Gasteiger partial charge on any atom is -0.504 e. The summed E-state index contributed by atoms with van der Waals surface area (Å²) in [6.07, 6.45) is 1.96. The summed E-state index contributed by atoms with van der Waals surface area (Å²) in [5, 5.41) is 21.5. The molecule has 2 N–H and O–H groups in total. The van der Waals surface area contributed by atoms with Gasteiger partial charge in [0.05, 0.1) is 12.3 Å². The number of pyridine rings is 1. The average Bonchev–Trinajstić information content (AvgIpc) is 2.64. The largest absolute Gasteiger partial charge is 0.504 e. The number of carbonyl (C=O) groups is 1. The van der Waals surface area contributed by atoms with Gasteiger partial charge in [0.25, 0.3) is 0 Å². The number of aliphatic hydroxyl groups excluding tert-OH is 1. The minimum atomic E-state index is -1.10. The number of phenols is 1. The quantitative estimate of drug-likeness (QED) is 0.777. The molecule has 1 aliphatic heterocycles. The maximum Gasteiger partial charge on any atom is 0.322 e. The Kier molecular flexibility index (Phi) is 5.09. The molecule has 3 rings (SSSR count). The van der Waals surface area contributed by atoms with Crippen LogP contribution in [0.5, 0.6) is 11.5 Å². The number of ether oxygens (including phenoxy) is 1. The van der Waals surface area contributed by atoms with E-state index >= 15 is 0 Å². The van der Waals surface area contributed by atoms with Crippen LogP contribution in [0.2, 0.25) is 0 Å². The van der Waals surface area contributed by atoms with Crippen LogP contribution in [0.3, 0.4) is 0 Å². The van der Waals surface area contributed by atoms with Gasteiger partial charge in [0, 0.05) is 29.0 Å². The number of fused-ring (bicyclic) bond motifs is 3. The van der Waals surface area contributed by atoms with Crippen molar-refractivity contribution in [1.82, 2.24) is 4.57 Å². The number of aromatic nitrogens is 1. The van der Waals surface area contributed by atoms with Crippen molar-refractivity contribution >= 4 is 5.91 Å². The summed E-state index contributed by atoms with van der Waals surface area (Å²) in [6.45, 7) is 3.91. The molecule has 1 aromatic heterocycles. The second kappa shape index (κ2) is 7.32. The molecular weight excluding hydrogens is 352 g/mol. The number of carbonyl (C=O) groups excluding carboxylic acids is 1. The molecule has 142 valence electrons. The van der Waals surface area contributed by atoms with Gasteiger partial charge in [-0.25, -0.2) is 0 Å². The van der Waals surface area contributed by atoms with Crippen LogP contribution in [0, 0.1) is 10.8 Å². The van der Waals surface area contributed by atoms with E-state index in [1.54, 1.807) is 10.6 Å². The molecule has 1 amide bonds. The van der Waals surface area contributed by atoms with Crippen LogP contribution in [0.15, 0.2) is 34.4 Å². The van der Waals surface area contributed by atoms with Gasteiger partial charge in [-0.05, 0) is 30.0 Å². The van der Waals surface area contributed by atoms with Crippen LogP contribution in [0.4, 0.5) is 0 Å². The lowest BCUT2D eigenvalue weighted by Crippen LogP contribution is -2.28. The van der Waals surface area contributed by atoms with Crippen molar-refractivity contribution in [1.29, 1.82) is 0 Å². The van der Waals surface area contributed by atoms with Crippen molar-refractivity contribution in [3.8, 4) is 22.8 Å². The molecule has 0 aliphatic carbocycles. The van der Waals surface area contributed by atoms with Gasteiger partial charge in [-0.2, -0.15) is 0 Å². The first-order valence-electron chi connectivity index (χ1n) is 8.61. The molecule has 8 heteroatoms. The summed E-state index contributed by atoms with van der Waals surface area (Å²) in [4.78, 5) is 34.6. The molecule has 2 heterocycles. The minimum absolute atomic E-state index is 0.0557. The highest BCUT2D eigenvalue weighted by Crippen LogP contribution is 2.42. The number of nitroso groups, excluding NO2 is 1. The Morgan fingerprint density at radius 2 is 2.11 bits per heavy atom. The van der Waals surface area contributed by atoms with Crippen molar-refractivity contribution in [2.24, 2.45) is 11.1 Å². The number of hydrogen-bond donors (Lipinski definition) is 2. The van der Waals surface area contributed by atoms with Gasteiger partial charge in [-0.3, -0.25) is 9.59 Å². The lowest BCUT2D eigenvalue weighted by atomic mass is 9.87. The molecule has 0 radical (unpaired) electrons. The van der Waals surface area contributed by atoms with Crippen molar-refractivity contribution in [2.45, 2.75) is 26.3 Å². The smallest absolute Gasteiger partial charge is 0.322 e. The third kappa shape index (κ3) is 3.35. The molecular formula is C19H20N2O6. The second-order valence-corrected chi connectivity index (χ2v) is 6.80. The van der Waals surface area contributed by atoms with Crippen LogP contribution in [-0.4, -0.2) is 33.9 Å². The van der Waals surface area contributed by atoms with E-state index in [2.05, 4.69) is 5.18 Å². The first-order valence-corrected chi connectivity index (χ1v) is 8.61. The van der Waals surface area contributed by atoms with E-state index in [4.69, 9.17) is 9.84 Å². The fraction of sp³-hybridized carbons (Fsp3) is 0.368. The van der Waals surface area contributed by atoms with Gasteiger partial charge in [-0.1, -0.05) is 13.8 Å². The zero-order valence-electron chi connectivity index (χ0n) is 15.0. The van der Waals surface area contributed by atoms with E-state index in [9.17, 15) is 19.6 Å². The third-order valence-corrected chi connectivity index (χ3v) is 4.76. The number of benzene rings is 1. The van der Waals surface area contributed by atoms with Crippen molar-refractivity contribution in [2.75, 3.05) is 13.2 Å². The first kappa shape index (κ1) is 18.8. The zero-order chi connectivity index (χ0) is 19.7. The van der Waals surface area contributed by atoms with Crippen LogP contribution >= 0.6 is 0 Å². The number of nitrogens with zero attached hydrogens (tertiary/aromatic N) is 2. The van der Waals surface area contributed by atoms with E-state index in [1.807, 2.05) is 13.8 Å². The molecule has 1 aromatic carbocycles. The average molecular weight is 372 g/mol. The second-order valence-electron chi connectivity index (χ2n) is 6.80. The van der Waals surface area contributed by atoms with E-state index < -0.39 is 11.3 Å². The molecule has 8 nitrogen and oxygen atoms in total. The number of rotatable bonds is 5. The molecule has 2 aromatic rings. The van der Waals surface area contributed by atoms with E-state index in [0.29, 0.717) is 17.7 Å². The van der Waals surface area contributed by atoms with Crippen LogP contribution in [-0.2, 0) is 6.42 Å². The summed E-state index contributed by atoms with van der Waals surface area (Å²) in [7, 11) is 0. The number of phenolic OH excluding ortho intramolecular Hbond substituents is 1. The molecule has 0 saturated carbocycles. The Morgan fingerprint density at radius 3 is 2.74 bits per heavy atom. The van der Waals surface area contributed by atoms with Gasteiger partial charge in [0.2, 0.25) is 0 Å². The van der Waals surface area contributed by atoms with Gasteiger partial charge in [0.1, 0.15) is 12.2 Å². The van der Waals surface area contributed by atoms with Crippen LogP contribution < -0.4 is 10.2 Å². The summed E-state index contributed by atoms with van der Waals surface area (Å²) in [5.41, 5.74) is 1.21. The van der Waals surface area contributed by atoms with Gasteiger partial charge in [-0.15, -0.1) is 4.91 Å². The van der Waals surface area contributed by atoms with E-state index in [1.165, 1.54) is 18.3 Å². The standard InChI is InChI=1S/C19H20N2O6/c1-10(2)14-5-11-6-18(27-4-3-22)17(24)7-12(11)15-8-16(23)13(9-21(14)15)19(25)20-26/h6-10,14,22,24H,3-5H2,1-2H3. The summed E-state index contributed by atoms with van der Waals surface area (Å²) in [6, 6.07) is 4.43. The molecule has 0 saturated heterocycles. The normalized spacial score (nSPS) is 15.2. The van der Waals surface area contributed by atoms with E-state index in [-0.39, 0.29) is 42.2 Å².